The number of nitrogens with zero attached hydrogens (tertiary/aromatic N) is 1. The average Bonchev–Trinajstić information content (AvgIpc) is 2.24. The molecule has 0 atom stereocenters. The Labute approximate surface area is 102 Å². The Morgan fingerprint density at radius 1 is 1.47 bits per heavy atom. The van der Waals surface area contributed by atoms with E-state index in [0.29, 0.717) is 11.1 Å². The number of rotatable bonds is 2. The number of ether oxygens (including phenoxy) is 1. The minimum absolute atomic E-state index is 0.421. The van der Waals surface area contributed by atoms with Crippen LogP contribution in [0, 0.1) is 0 Å². The summed E-state index contributed by atoms with van der Waals surface area (Å²) in [4.78, 5) is 4.24. The second-order valence-electron chi connectivity index (χ2n) is 3.51. The molecule has 5 heteroatoms. The third-order valence-electron chi connectivity index (χ3n) is 2.37. The van der Waals surface area contributed by atoms with E-state index in [1.54, 1.807) is 6.20 Å². The fraction of sp³-hybridized carbons (Fsp3) is 0.500. The molecule has 1 N–H and O–H groups in total. The van der Waals surface area contributed by atoms with Crippen LogP contribution in [0.5, 0.6) is 0 Å². The predicted molar refractivity (Wildman–Crippen MR) is 64.4 cm³/mol. The maximum absolute atomic E-state index is 6.06. The van der Waals surface area contributed by atoms with Crippen molar-refractivity contribution in [3.8, 4) is 0 Å². The van der Waals surface area contributed by atoms with Gasteiger partial charge in [-0.1, -0.05) is 11.6 Å². The zero-order chi connectivity index (χ0) is 10.7. The van der Waals surface area contributed by atoms with Crippen LogP contribution in [-0.2, 0) is 4.74 Å². The molecule has 0 amide bonds. The van der Waals surface area contributed by atoms with Gasteiger partial charge in [0.05, 0.1) is 5.02 Å². The smallest absolute Gasteiger partial charge is 0.145 e. The van der Waals surface area contributed by atoms with Crippen LogP contribution in [0.3, 0.4) is 0 Å². The van der Waals surface area contributed by atoms with Gasteiger partial charge in [-0.25, -0.2) is 4.98 Å². The lowest BCUT2D eigenvalue weighted by Gasteiger charge is -2.23. The van der Waals surface area contributed by atoms with Crippen LogP contribution in [-0.4, -0.2) is 24.2 Å². The van der Waals surface area contributed by atoms with E-state index in [-0.39, 0.29) is 0 Å². The predicted octanol–water partition coefficient (Wildman–Crippen LogP) is 3.09. The Balaban J connectivity index is 2.03. The molecule has 0 bridgehead atoms. The molecule has 0 unspecified atom stereocenters. The van der Waals surface area contributed by atoms with Crippen molar-refractivity contribution in [2.45, 2.75) is 18.9 Å². The molecule has 1 aromatic rings. The molecule has 3 nitrogen and oxygen atoms in total. The van der Waals surface area contributed by atoms with Gasteiger partial charge in [-0.15, -0.1) is 0 Å². The number of aromatic nitrogens is 1. The molecule has 0 saturated carbocycles. The summed E-state index contributed by atoms with van der Waals surface area (Å²) in [5.41, 5.74) is 0. The summed E-state index contributed by atoms with van der Waals surface area (Å²) >= 11 is 9.39. The second-order valence-corrected chi connectivity index (χ2v) is 4.84. The molecule has 0 spiro atoms. The topological polar surface area (TPSA) is 34.2 Å². The highest BCUT2D eigenvalue weighted by atomic mass is 79.9. The molecule has 2 rings (SSSR count). The summed E-state index contributed by atoms with van der Waals surface area (Å²) in [5, 5.41) is 3.98. The number of halogens is 2. The van der Waals surface area contributed by atoms with E-state index in [9.17, 15) is 0 Å². The van der Waals surface area contributed by atoms with E-state index in [1.165, 1.54) is 0 Å². The highest BCUT2D eigenvalue weighted by Crippen LogP contribution is 2.24. The summed E-state index contributed by atoms with van der Waals surface area (Å²) < 4.78 is 6.18. The van der Waals surface area contributed by atoms with Crippen LogP contribution in [0.15, 0.2) is 16.7 Å². The van der Waals surface area contributed by atoms with Crippen molar-refractivity contribution in [1.82, 2.24) is 4.98 Å². The molecule has 0 aliphatic carbocycles. The van der Waals surface area contributed by atoms with Gasteiger partial charge in [0.1, 0.15) is 5.82 Å². The van der Waals surface area contributed by atoms with Crippen LogP contribution >= 0.6 is 27.5 Å². The van der Waals surface area contributed by atoms with E-state index < -0.39 is 0 Å². The number of hydrogen-bond acceptors (Lipinski definition) is 3. The van der Waals surface area contributed by atoms with Crippen molar-refractivity contribution < 1.29 is 4.74 Å². The lowest BCUT2D eigenvalue weighted by Crippen LogP contribution is -2.28. The molecule has 82 valence electrons. The molecule has 1 aliphatic heterocycles. The molecule has 0 radical (unpaired) electrons. The zero-order valence-corrected chi connectivity index (χ0v) is 10.5. The Hall–Kier alpha value is -0.320. The largest absolute Gasteiger partial charge is 0.381 e. The van der Waals surface area contributed by atoms with Gasteiger partial charge in [-0.2, -0.15) is 0 Å². The van der Waals surface area contributed by atoms with Crippen LogP contribution < -0.4 is 5.32 Å². The normalized spacial score (nSPS) is 17.7. The molecule has 15 heavy (non-hydrogen) atoms. The lowest BCUT2D eigenvalue weighted by molar-refractivity contribution is 0.0904. The first-order chi connectivity index (χ1) is 7.25. The van der Waals surface area contributed by atoms with Crippen molar-refractivity contribution in [2.24, 2.45) is 0 Å². The summed E-state index contributed by atoms with van der Waals surface area (Å²) in [5.74, 6) is 0.756. The van der Waals surface area contributed by atoms with E-state index >= 15 is 0 Å². The van der Waals surface area contributed by atoms with Crippen LogP contribution in [0.2, 0.25) is 5.02 Å². The van der Waals surface area contributed by atoms with Crippen LogP contribution in [0.25, 0.3) is 0 Å². The van der Waals surface area contributed by atoms with Crippen LogP contribution in [0.4, 0.5) is 5.82 Å². The van der Waals surface area contributed by atoms with Crippen LogP contribution in [0.1, 0.15) is 12.8 Å². The number of hydrogen-bond donors (Lipinski definition) is 1. The first-order valence-electron chi connectivity index (χ1n) is 4.91. The summed E-state index contributed by atoms with van der Waals surface area (Å²) in [6.45, 7) is 1.62. The van der Waals surface area contributed by atoms with Gasteiger partial charge in [0.25, 0.3) is 0 Å². The minimum atomic E-state index is 0.421. The van der Waals surface area contributed by atoms with Gasteiger partial charge in [-0.05, 0) is 34.8 Å². The van der Waals surface area contributed by atoms with Gasteiger partial charge in [0.15, 0.2) is 0 Å². The monoisotopic (exact) mass is 290 g/mol. The first kappa shape index (κ1) is 11.2. The number of anilines is 1. The van der Waals surface area contributed by atoms with Crippen molar-refractivity contribution >= 4 is 33.3 Å². The Morgan fingerprint density at radius 3 is 2.87 bits per heavy atom. The summed E-state index contributed by atoms with van der Waals surface area (Å²) in [6, 6.07) is 2.26. The standard InChI is InChI=1S/C10H12BrClN2O/c11-7-5-9(12)10(13-6-7)14-8-1-3-15-4-2-8/h5-6,8H,1-4H2,(H,13,14). The summed E-state index contributed by atoms with van der Waals surface area (Å²) in [6.07, 6.45) is 3.76. The highest BCUT2D eigenvalue weighted by molar-refractivity contribution is 9.10. The molecular formula is C10H12BrClN2O. The zero-order valence-electron chi connectivity index (χ0n) is 8.17. The quantitative estimate of drug-likeness (QED) is 0.909. The fourth-order valence-electron chi connectivity index (χ4n) is 1.56. The Morgan fingerprint density at radius 2 is 2.20 bits per heavy atom. The van der Waals surface area contributed by atoms with E-state index in [2.05, 4.69) is 26.2 Å². The number of pyridine rings is 1. The second kappa shape index (κ2) is 5.14. The molecule has 0 aromatic carbocycles. The Bertz CT molecular complexity index is 342. The first-order valence-corrected chi connectivity index (χ1v) is 6.08. The van der Waals surface area contributed by atoms with Crippen molar-refractivity contribution in [3.05, 3.63) is 21.8 Å². The van der Waals surface area contributed by atoms with Gasteiger partial charge in [0.2, 0.25) is 0 Å². The fourth-order valence-corrected chi connectivity index (χ4v) is 2.24. The highest BCUT2D eigenvalue weighted by Gasteiger charge is 2.15. The maximum Gasteiger partial charge on any atom is 0.145 e. The van der Waals surface area contributed by atoms with Crippen molar-refractivity contribution in [3.63, 3.8) is 0 Å². The molecule has 1 saturated heterocycles. The average molecular weight is 292 g/mol. The van der Waals surface area contributed by atoms with E-state index in [1.807, 2.05) is 6.07 Å². The van der Waals surface area contributed by atoms with Gasteiger partial charge in [0, 0.05) is 29.9 Å². The van der Waals surface area contributed by atoms with Gasteiger partial charge < -0.3 is 10.1 Å². The SMILES string of the molecule is Clc1cc(Br)cnc1NC1CCOCC1. The molecule has 2 heterocycles. The third kappa shape index (κ3) is 3.06. The molecule has 1 fully saturated rings. The van der Waals surface area contributed by atoms with Crippen molar-refractivity contribution in [2.75, 3.05) is 18.5 Å². The Kier molecular flexibility index (Phi) is 3.83. The van der Waals surface area contributed by atoms with Gasteiger partial charge >= 0.3 is 0 Å². The number of nitrogens with one attached hydrogen (secondary N) is 1. The molecule has 1 aromatic heterocycles. The van der Waals surface area contributed by atoms with E-state index in [0.717, 1.165) is 36.3 Å². The summed E-state index contributed by atoms with van der Waals surface area (Å²) in [7, 11) is 0. The maximum atomic E-state index is 6.06. The molecular weight excluding hydrogens is 279 g/mol. The van der Waals surface area contributed by atoms with Crippen molar-refractivity contribution in [1.29, 1.82) is 0 Å². The molecule has 1 aliphatic rings. The van der Waals surface area contributed by atoms with Gasteiger partial charge in [-0.3, -0.25) is 0 Å². The van der Waals surface area contributed by atoms with E-state index in [4.69, 9.17) is 16.3 Å². The lowest BCUT2D eigenvalue weighted by atomic mass is 10.1. The minimum Gasteiger partial charge on any atom is -0.381 e. The third-order valence-corrected chi connectivity index (χ3v) is 3.09.